The molecule has 33 heavy (non-hydrogen) atoms. The topological polar surface area (TPSA) is 65.5 Å². The molecule has 8 heteroatoms. The molecule has 0 aliphatic heterocycles. The molecule has 2 aromatic carbocycles. The summed E-state index contributed by atoms with van der Waals surface area (Å²) >= 11 is 12.4. The number of hydrogen-bond donors (Lipinski definition) is 2. The van der Waals surface area contributed by atoms with E-state index in [9.17, 15) is 9.18 Å². The summed E-state index contributed by atoms with van der Waals surface area (Å²) < 4.78 is 13.8. The third kappa shape index (κ3) is 5.46. The van der Waals surface area contributed by atoms with Gasteiger partial charge in [0, 0.05) is 29.2 Å². The number of amides is 1. The van der Waals surface area contributed by atoms with Crippen molar-refractivity contribution in [1.82, 2.24) is 4.98 Å². The molecule has 174 valence electrons. The summed E-state index contributed by atoms with van der Waals surface area (Å²) in [6.45, 7) is 5.69. The predicted molar refractivity (Wildman–Crippen MR) is 133 cm³/mol. The Labute approximate surface area is 203 Å². The Morgan fingerprint density at radius 2 is 1.79 bits per heavy atom. The minimum atomic E-state index is -0.938. The lowest BCUT2D eigenvalue weighted by molar-refractivity contribution is -0.122. The van der Waals surface area contributed by atoms with E-state index in [0.29, 0.717) is 39.2 Å². The Morgan fingerprint density at radius 1 is 1.12 bits per heavy atom. The number of rotatable bonds is 7. The second kappa shape index (κ2) is 10.1. The number of carbonyl (C=O) groups is 1. The SMILES string of the molecule is Cc1cc(F)ccc1-c1cc(NCCO)ncc1N(C)C(=O)C(C)(C)c1cc(Cl)cc(Cl)c1. The van der Waals surface area contributed by atoms with Gasteiger partial charge in [-0.25, -0.2) is 9.37 Å². The van der Waals surface area contributed by atoms with Gasteiger partial charge in [-0.1, -0.05) is 29.3 Å². The van der Waals surface area contributed by atoms with Crippen molar-refractivity contribution in [3.8, 4) is 11.1 Å². The molecule has 2 N–H and O–H groups in total. The first-order valence-corrected chi connectivity index (χ1v) is 11.2. The fourth-order valence-corrected chi connectivity index (χ4v) is 4.23. The van der Waals surface area contributed by atoms with E-state index in [1.165, 1.54) is 17.0 Å². The van der Waals surface area contributed by atoms with Gasteiger partial charge in [0.1, 0.15) is 11.6 Å². The third-order valence-corrected chi connectivity index (χ3v) is 6.00. The summed E-state index contributed by atoms with van der Waals surface area (Å²) in [7, 11) is 1.68. The van der Waals surface area contributed by atoms with Crippen LogP contribution in [0.3, 0.4) is 0 Å². The molecule has 1 heterocycles. The van der Waals surface area contributed by atoms with Crippen molar-refractivity contribution in [2.75, 3.05) is 30.4 Å². The molecule has 0 aliphatic rings. The Bertz CT molecular complexity index is 1160. The number of aliphatic hydroxyl groups is 1. The number of hydrogen-bond acceptors (Lipinski definition) is 4. The molecule has 0 aliphatic carbocycles. The highest BCUT2D eigenvalue weighted by Gasteiger charge is 2.34. The van der Waals surface area contributed by atoms with Crippen LogP contribution in [0.4, 0.5) is 15.9 Å². The predicted octanol–water partition coefficient (Wildman–Crippen LogP) is 5.85. The molecule has 0 unspecified atom stereocenters. The van der Waals surface area contributed by atoms with Crippen molar-refractivity contribution in [3.63, 3.8) is 0 Å². The number of nitrogens with one attached hydrogen (secondary N) is 1. The van der Waals surface area contributed by atoms with E-state index in [2.05, 4.69) is 10.3 Å². The zero-order chi connectivity index (χ0) is 24.3. The maximum atomic E-state index is 13.8. The highest BCUT2D eigenvalue weighted by molar-refractivity contribution is 6.34. The van der Waals surface area contributed by atoms with Gasteiger partial charge in [0.25, 0.3) is 0 Å². The van der Waals surface area contributed by atoms with Gasteiger partial charge < -0.3 is 15.3 Å². The highest BCUT2D eigenvalue weighted by Crippen LogP contribution is 2.37. The largest absolute Gasteiger partial charge is 0.395 e. The van der Waals surface area contributed by atoms with Gasteiger partial charge in [0.15, 0.2) is 0 Å². The summed E-state index contributed by atoms with van der Waals surface area (Å²) in [5, 5.41) is 13.1. The molecule has 0 fully saturated rings. The van der Waals surface area contributed by atoms with E-state index >= 15 is 0 Å². The second-order valence-electron chi connectivity index (χ2n) is 8.34. The quantitative estimate of drug-likeness (QED) is 0.436. The van der Waals surface area contributed by atoms with Crippen molar-refractivity contribution in [2.45, 2.75) is 26.2 Å². The molecular weight excluding hydrogens is 464 g/mol. The molecular formula is C25H26Cl2FN3O2. The molecule has 0 radical (unpaired) electrons. The molecule has 0 saturated carbocycles. The smallest absolute Gasteiger partial charge is 0.236 e. The number of halogens is 3. The summed E-state index contributed by atoms with van der Waals surface area (Å²) in [5.41, 5.74) is 2.50. The monoisotopic (exact) mass is 489 g/mol. The summed E-state index contributed by atoms with van der Waals surface area (Å²) in [5.74, 6) is 0.00172. The van der Waals surface area contributed by atoms with Crippen LogP contribution in [-0.2, 0) is 10.2 Å². The molecule has 1 amide bonds. The maximum Gasteiger partial charge on any atom is 0.236 e. The Morgan fingerprint density at radius 3 is 2.39 bits per heavy atom. The fourth-order valence-electron chi connectivity index (χ4n) is 3.71. The number of aliphatic hydroxyl groups excluding tert-OH is 1. The van der Waals surface area contributed by atoms with Gasteiger partial charge in [0.05, 0.1) is 23.9 Å². The van der Waals surface area contributed by atoms with Crippen LogP contribution < -0.4 is 10.2 Å². The number of pyridine rings is 1. The van der Waals surface area contributed by atoms with E-state index in [4.69, 9.17) is 28.3 Å². The number of benzene rings is 2. The first-order chi connectivity index (χ1) is 15.5. The molecule has 3 aromatic rings. The van der Waals surface area contributed by atoms with Crippen molar-refractivity contribution >= 4 is 40.6 Å². The average Bonchev–Trinajstić information content (AvgIpc) is 2.76. The first kappa shape index (κ1) is 25.0. The molecule has 0 bridgehead atoms. The van der Waals surface area contributed by atoms with Gasteiger partial charge in [-0.3, -0.25) is 4.79 Å². The number of nitrogens with zero attached hydrogens (tertiary/aromatic N) is 2. The number of anilines is 2. The number of aryl methyl sites for hydroxylation is 1. The van der Waals surface area contributed by atoms with Gasteiger partial charge in [0.2, 0.25) is 5.91 Å². The van der Waals surface area contributed by atoms with Crippen LogP contribution in [0.2, 0.25) is 10.0 Å². The van der Waals surface area contributed by atoms with Crippen LogP contribution in [0, 0.1) is 12.7 Å². The summed E-state index contributed by atoms with van der Waals surface area (Å²) in [6, 6.07) is 11.4. The number of aromatic nitrogens is 1. The second-order valence-corrected chi connectivity index (χ2v) is 9.22. The lowest BCUT2D eigenvalue weighted by Crippen LogP contribution is -2.41. The lowest BCUT2D eigenvalue weighted by Gasteiger charge is -2.31. The van der Waals surface area contributed by atoms with Crippen LogP contribution in [-0.4, -0.2) is 36.2 Å². The maximum absolute atomic E-state index is 13.8. The van der Waals surface area contributed by atoms with Crippen LogP contribution >= 0.6 is 23.2 Å². The Hall–Kier alpha value is -2.67. The normalized spacial score (nSPS) is 11.4. The lowest BCUT2D eigenvalue weighted by atomic mass is 9.83. The van der Waals surface area contributed by atoms with Crippen molar-refractivity contribution in [3.05, 3.63) is 75.7 Å². The molecule has 0 atom stereocenters. The zero-order valence-electron chi connectivity index (χ0n) is 18.9. The van der Waals surface area contributed by atoms with Crippen molar-refractivity contribution in [1.29, 1.82) is 0 Å². The van der Waals surface area contributed by atoms with Gasteiger partial charge in [-0.2, -0.15) is 0 Å². The van der Waals surface area contributed by atoms with E-state index in [0.717, 1.165) is 11.1 Å². The van der Waals surface area contributed by atoms with Crippen molar-refractivity contribution in [2.24, 2.45) is 0 Å². The third-order valence-electron chi connectivity index (χ3n) is 5.56. The highest BCUT2D eigenvalue weighted by atomic mass is 35.5. The number of likely N-dealkylation sites (N-methyl/N-ethyl adjacent to an activating group) is 1. The van der Waals surface area contributed by atoms with E-state index < -0.39 is 5.41 Å². The van der Waals surface area contributed by atoms with Gasteiger partial charge in [-0.15, -0.1) is 0 Å². The summed E-state index contributed by atoms with van der Waals surface area (Å²) in [4.78, 5) is 19.6. The van der Waals surface area contributed by atoms with E-state index in [-0.39, 0.29) is 18.3 Å². The Kier molecular flexibility index (Phi) is 7.62. The average molecular weight is 490 g/mol. The minimum Gasteiger partial charge on any atom is -0.395 e. The van der Waals surface area contributed by atoms with Crippen LogP contribution in [0.25, 0.3) is 11.1 Å². The minimum absolute atomic E-state index is 0.0525. The molecule has 0 spiro atoms. The van der Waals surface area contributed by atoms with Crippen LogP contribution in [0.1, 0.15) is 25.0 Å². The standard InChI is InChI=1S/C25H26Cl2FN3O2/c1-15-9-19(28)5-6-20(15)21-13-23(29-7-8-32)30-14-22(21)31(4)24(33)25(2,3)16-10-17(26)12-18(27)11-16/h5-6,9-14,32H,7-8H2,1-4H3,(H,29,30). The molecule has 1 aromatic heterocycles. The van der Waals surface area contributed by atoms with Crippen LogP contribution in [0.5, 0.6) is 0 Å². The fraction of sp³-hybridized carbons (Fsp3) is 0.280. The van der Waals surface area contributed by atoms with Gasteiger partial charge in [-0.05, 0) is 73.9 Å². The van der Waals surface area contributed by atoms with Crippen LogP contribution in [0.15, 0.2) is 48.7 Å². The summed E-state index contributed by atoms with van der Waals surface area (Å²) in [6.07, 6.45) is 1.59. The Balaban J connectivity index is 2.09. The number of carbonyl (C=O) groups excluding carboxylic acids is 1. The van der Waals surface area contributed by atoms with E-state index in [1.807, 2.05) is 6.92 Å². The first-order valence-electron chi connectivity index (χ1n) is 10.4. The zero-order valence-corrected chi connectivity index (χ0v) is 20.4. The molecule has 5 nitrogen and oxygen atoms in total. The molecule has 3 rings (SSSR count). The molecule has 0 saturated heterocycles. The van der Waals surface area contributed by atoms with Crippen molar-refractivity contribution < 1.29 is 14.3 Å². The van der Waals surface area contributed by atoms with Gasteiger partial charge >= 0.3 is 0 Å². The van der Waals surface area contributed by atoms with E-state index in [1.54, 1.807) is 57.4 Å².